The van der Waals surface area contributed by atoms with Crippen LogP contribution in [0.1, 0.15) is 39.2 Å². The smallest absolute Gasteiger partial charge is 0.227 e. The summed E-state index contributed by atoms with van der Waals surface area (Å²) in [5, 5.41) is 16.0. The van der Waals surface area contributed by atoms with Crippen LogP contribution < -0.4 is 10.6 Å². The average Bonchev–Trinajstić information content (AvgIpc) is 2.41. The lowest BCUT2D eigenvalue weighted by atomic mass is 9.86. The number of amides is 1. The Morgan fingerprint density at radius 1 is 1.30 bits per heavy atom. The van der Waals surface area contributed by atoms with E-state index in [0.717, 1.165) is 31.5 Å². The standard InChI is InChI=1S/C16H24N2O2/c1-16(2,3)12-4-5-14(19)13(10-12)18-15(20)11-6-8-17-9-7-11/h4-5,10-11,17,19H,6-9H2,1-3H3,(H,18,20). The normalized spacial score (nSPS) is 16.9. The number of carbonyl (C=O) groups excluding carboxylic acids is 1. The number of nitrogens with one attached hydrogen (secondary N) is 2. The van der Waals surface area contributed by atoms with Gasteiger partial charge >= 0.3 is 0 Å². The highest BCUT2D eigenvalue weighted by atomic mass is 16.3. The summed E-state index contributed by atoms with van der Waals surface area (Å²) in [5.74, 6) is 0.169. The van der Waals surface area contributed by atoms with Crippen LogP contribution in [0.3, 0.4) is 0 Å². The molecule has 1 aromatic carbocycles. The molecule has 0 unspecified atom stereocenters. The lowest BCUT2D eigenvalue weighted by Crippen LogP contribution is -2.34. The Bertz CT molecular complexity index is 486. The van der Waals surface area contributed by atoms with Gasteiger partial charge in [-0.2, -0.15) is 0 Å². The van der Waals surface area contributed by atoms with Crippen molar-refractivity contribution in [2.24, 2.45) is 5.92 Å². The minimum Gasteiger partial charge on any atom is -0.506 e. The molecular formula is C16H24N2O2. The zero-order valence-corrected chi connectivity index (χ0v) is 12.5. The lowest BCUT2D eigenvalue weighted by Gasteiger charge is -2.23. The Balaban J connectivity index is 2.13. The van der Waals surface area contributed by atoms with Gasteiger partial charge in [0.1, 0.15) is 5.75 Å². The van der Waals surface area contributed by atoms with Gasteiger partial charge in [0.05, 0.1) is 5.69 Å². The van der Waals surface area contributed by atoms with Gasteiger partial charge in [-0.15, -0.1) is 0 Å². The van der Waals surface area contributed by atoms with E-state index in [-0.39, 0.29) is 23.0 Å². The van der Waals surface area contributed by atoms with Crippen LogP contribution in [-0.2, 0) is 10.2 Å². The van der Waals surface area contributed by atoms with Crippen molar-refractivity contribution < 1.29 is 9.90 Å². The van der Waals surface area contributed by atoms with Gasteiger partial charge in [-0.1, -0.05) is 26.8 Å². The number of benzene rings is 1. The molecule has 1 amide bonds. The number of carbonyl (C=O) groups is 1. The Kier molecular flexibility index (Phi) is 4.33. The molecule has 1 aliphatic rings. The second kappa shape index (κ2) is 5.83. The summed E-state index contributed by atoms with van der Waals surface area (Å²) < 4.78 is 0. The molecule has 20 heavy (non-hydrogen) atoms. The molecule has 2 rings (SSSR count). The van der Waals surface area contributed by atoms with Crippen molar-refractivity contribution >= 4 is 11.6 Å². The summed E-state index contributed by atoms with van der Waals surface area (Å²) in [4.78, 5) is 12.2. The van der Waals surface area contributed by atoms with Gasteiger partial charge in [-0.3, -0.25) is 4.79 Å². The molecule has 1 fully saturated rings. The van der Waals surface area contributed by atoms with Crippen LogP contribution in [0, 0.1) is 5.92 Å². The molecule has 0 spiro atoms. The van der Waals surface area contributed by atoms with Crippen molar-refractivity contribution in [1.29, 1.82) is 0 Å². The van der Waals surface area contributed by atoms with E-state index in [0.29, 0.717) is 5.69 Å². The maximum Gasteiger partial charge on any atom is 0.227 e. The number of piperidine rings is 1. The van der Waals surface area contributed by atoms with E-state index < -0.39 is 0 Å². The Morgan fingerprint density at radius 3 is 2.55 bits per heavy atom. The molecule has 0 radical (unpaired) electrons. The molecule has 0 aromatic heterocycles. The maximum absolute atomic E-state index is 12.2. The molecule has 1 saturated heterocycles. The molecule has 4 heteroatoms. The van der Waals surface area contributed by atoms with Crippen LogP contribution in [0.2, 0.25) is 0 Å². The molecule has 0 atom stereocenters. The van der Waals surface area contributed by atoms with E-state index in [2.05, 4.69) is 31.4 Å². The molecule has 1 aromatic rings. The van der Waals surface area contributed by atoms with Crippen LogP contribution in [0.5, 0.6) is 5.75 Å². The van der Waals surface area contributed by atoms with Crippen molar-refractivity contribution in [3.05, 3.63) is 23.8 Å². The molecule has 110 valence electrons. The molecule has 3 N–H and O–H groups in total. The fraction of sp³-hybridized carbons (Fsp3) is 0.562. The Hall–Kier alpha value is -1.55. The van der Waals surface area contributed by atoms with Crippen LogP contribution in [0.15, 0.2) is 18.2 Å². The summed E-state index contributed by atoms with van der Waals surface area (Å²) in [6.45, 7) is 8.09. The Labute approximate surface area is 120 Å². The van der Waals surface area contributed by atoms with Gasteiger partial charge in [-0.05, 0) is 49.0 Å². The van der Waals surface area contributed by atoms with Crippen LogP contribution in [-0.4, -0.2) is 24.1 Å². The molecule has 0 bridgehead atoms. The summed E-state index contributed by atoms with van der Waals surface area (Å²) in [6, 6.07) is 5.42. The number of phenolic OH excluding ortho intramolecular Hbond substituents is 1. The molecule has 0 aliphatic carbocycles. The zero-order chi connectivity index (χ0) is 14.8. The third kappa shape index (κ3) is 3.51. The van der Waals surface area contributed by atoms with Crippen molar-refractivity contribution in [1.82, 2.24) is 5.32 Å². The molecule has 0 saturated carbocycles. The first-order valence-corrected chi connectivity index (χ1v) is 7.23. The lowest BCUT2D eigenvalue weighted by molar-refractivity contribution is -0.120. The van der Waals surface area contributed by atoms with E-state index in [1.807, 2.05) is 12.1 Å². The maximum atomic E-state index is 12.2. The van der Waals surface area contributed by atoms with Crippen LogP contribution in [0.25, 0.3) is 0 Å². The van der Waals surface area contributed by atoms with Crippen molar-refractivity contribution in [2.45, 2.75) is 39.0 Å². The molecular weight excluding hydrogens is 252 g/mol. The monoisotopic (exact) mass is 276 g/mol. The van der Waals surface area contributed by atoms with Gasteiger partial charge in [0.15, 0.2) is 0 Å². The number of anilines is 1. The van der Waals surface area contributed by atoms with Gasteiger partial charge in [0, 0.05) is 5.92 Å². The van der Waals surface area contributed by atoms with Crippen molar-refractivity contribution in [3.63, 3.8) is 0 Å². The highest BCUT2D eigenvalue weighted by Gasteiger charge is 2.22. The first kappa shape index (κ1) is 14.9. The van der Waals surface area contributed by atoms with Crippen molar-refractivity contribution in [2.75, 3.05) is 18.4 Å². The third-order valence-electron chi connectivity index (χ3n) is 3.83. The minimum atomic E-state index is -0.0120. The quantitative estimate of drug-likeness (QED) is 0.728. The minimum absolute atomic E-state index is 0.00728. The number of rotatable bonds is 2. The zero-order valence-electron chi connectivity index (χ0n) is 12.5. The van der Waals surface area contributed by atoms with E-state index >= 15 is 0 Å². The second-order valence-electron chi connectivity index (χ2n) is 6.50. The third-order valence-corrected chi connectivity index (χ3v) is 3.83. The number of phenols is 1. The first-order chi connectivity index (χ1) is 9.38. The summed E-state index contributed by atoms with van der Waals surface area (Å²) in [6.07, 6.45) is 1.71. The van der Waals surface area contributed by atoms with E-state index in [4.69, 9.17) is 0 Å². The topological polar surface area (TPSA) is 61.4 Å². The van der Waals surface area contributed by atoms with E-state index in [1.165, 1.54) is 0 Å². The predicted octanol–water partition coefficient (Wildman–Crippen LogP) is 2.63. The van der Waals surface area contributed by atoms with Crippen LogP contribution in [0.4, 0.5) is 5.69 Å². The molecule has 1 heterocycles. The van der Waals surface area contributed by atoms with Gasteiger partial charge in [0.2, 0.25) is 5.91 Å². The average molecular weight is 276 g/mol. The highest BCUT2D eigenvalue weighted by molar-refractivity contribution is 5.94. The van der Waals surface area contributed by atoms with Crippen molar-refractivity contribution in [3.8, 4) is 5.75 Å². The molecule has 4 nitrogen and oxygen atoms in total. The Morgan fingerprint density at radius 2 is 1.95 bits per heavy atom. The fourth-order valence-corrected chi connectivity index (χ4v) is 2.42. The SMILES string of the molecule is CC(C)(C)c1ccc(O)c(NC(=O)C2CCNCC2)c1. The van der Waals surface area contributed by atoms with Gasteiger partial charge in [0.25, 0.3) is 0 Å². The highest BCUT2D eigenvalue weighted by Crippen LogP contribution is 2.31. The predicted molar refractivity (Wildman–Crippen MR) is 81.0 cm³/mol. The number of hydrogen-bond donors (Lipinski definition) is 3. The van der Waals surface area contributed by atoms with Gasteiger partial charge in [-0.25, -0.2) is 0 Å². The second-order valence-corrected chi connectivity index (χ2v) is 6.50. The van der Waals surface area contributed by atoms with E-state index in [1.54, 1.807) is 6.07 Å². The first-order valence-electron chi connectivity index (χ1n) is 7.23. The van der Waals surface area contributed by atoms with E-state index in [9.17, 15) is 9.90 Å². The summed E-state index contributed by atoms with van der Waals surface area (Å²) in [5.41, 5.74) is 1.60. The summed E-state index contributed by atoms with van der Waals surface area (Å²) in [7, 11) is 0. The number of aromatic hydroxyl groups is 1. The summed E-state index contributed by atoms with van der Waals surface area (Å²) >= 11 is 0. The molecule has 1 aliphatic heterocycles. The van der Waals surface area contributed by atoms with Gasteiger partial charge < -0.3 is 15.7 Å². The number of hydrogen-bond acceptors (Lipinski definition) is 3. The fourth-order valence-electron chi connectivity index (χ4n) is 2.42. The largest absolute Gasteiger partial charge is 0.506 e. The van der Waals surface area contributed by atoms with Crippen LogP contribution >= 0.6 is 0 Å².